The normalized spacial score (nSPS) is 11.0. The third kappa shape index (κ3) is 12.9. The Morgan fingerprint density at radius 2 is 0.857 bits per heavy atom. The Balaban J connectivity index is 1.64. The van der Waals surface area contributed by atoms with Crippen molar-refractivity contribution in [2.24, 2.45) is 0 Å². The van der Waals surface area contributed by atoms with Crippen molar-refractivity contribution in [3.63, 3.8) is 0 Å². The van der Waals surface area contributed by atoms with Gasteiger partial charge >= 0.3 is 0 Å². The molecule has 0 N–H and O–H groups in total. The Hall–Kier alpha value is -1.42. The number of hydrogen-bond donors (Lipinski definition) is 0. The summed E-state index contributed by atoms with van der Waals surface area (Å²) < 4.78 is 5.87. The fourth-order valence-corrected chi connectivity index (χ4v) is 4.78. The van der Waals surface area contributed by atoms with E-state index in [2.05, 4.69) is 62.4 Å². The lowest BCUT2D eigenvalue weighted by molar-refractivity contribution is 0.218. The highest BCUT2D eigenvalue weighted by atomic mass is 32.1. The summed E-state index contributed by atoms with van der Waals surface area (Å²) >= 11 is 11.2. The van der Waals surface area contributed by atoms with Gasteiger partial charge in [-0.25, -0.2) is 0 Å². The highest BCUT2D eigenvalue weighted by Crippen LogP contribution is 2.14. The molecule has 0 unspecified atom stereocenters. The summed E-state index contributed by atoms with van der Waals surface area (Å²) in [6.45, 7) is 5.40. The summed E-state index contributed by atoms with van der Waals surface area (Å²) in [7, 11) is 0. The van der Waals surface area contributed by atoms with Crippen LogP contribution in [0.3, 0.4) is 0 Å². The monoisotopic (exact) mass is 510 g/mol. The number of aryl methyl sites for hydroxylation is 2. The molecule has 0 aliphatic heterocycles. The molecule has 2 aromatic carbocycles. The van der Waals surface area contributed by atoms with E-state index in [-0.39, 0.29) is 0 Å². The maximum absolute atomic E-state index is 5.87. The minimum atomic E-state index is 0.433. The summed E-state index contributed by atoms with van der Waals surface area (Å²) in [6.07, 6.45) is 18.3. The van der Waals surface area contributed by atoms with Crippen LogP contribution in [0, 0.1) is 0 Å². The zero-order valence-electron chi connectivity index (χ0n) is 22.2. The first-order chi connectivity index (χ1) is 17.1. The van der Waals surface area contributed by atoms with E-state index in [0.29, 0.717) is 13.2 Å². The number of benzene rings is 2. The Morgan fingerprint density at radius 1 is 0.514 bits per heavy atom. The molecular formula is C32H46OS2. The first-order valence-corrected chi connectivity index (χ1v) is 14.8. The van der Waals surface area contributed by atoms with Gasteiger partial charge in [0.2, 0.25) is 0 Å². The van der Waals surface area contributed by atoms with Gasteiger partial charge < -0.3 is 4.74 Å². The second kappa shape index (κ2) is 18.8. The molecule has 0 heterocycles. The van der Waals surface area contributed by atoms with E-state index in [1.807, 2.05) is 0 Å². The third-order valence-electron chi connectivity index (χ3n) is 6.66. The van der Waals surface area contributed by atoms with Crippen molar-refractivity contribution < 1.29 is 4.74 Å². The molecule has 0 saturated carbocycles. The smallest absolute Gasteiger partial charge is 0.0828 e. The molecule has 0 aliphatic rings. The zero-order chi connectivity index (χ0) is 25.1. The second-order valence-corrected chi connectivity index (χ2v) is 10.8. The maximum Gasteiger partial charge on any atom is 0.0828 e. The molecule has 0 aliphatic carbocycles. The highest BCUT2D eigenvalue weighted by Gasteiger charge is 2.06. The van der Waals surface area contributed by atoms with Crippen LogP contribution in [0.1, 0.15) is 113 Å². The maximum atomic E-state index is 5.87. The van der Waals surface area contributed by atoms with E-state index in [9.17, 15) is 0 Å². The van der Waals surface area contributed by atoms with Crippen LogP contribution in [-0.4, -0.2) is 22.9 Å². The van der Waals surface area contributed by atoms with Crippen LogP contribution in [0.2, 0.25) is 0 Å². The van der Waals surface area contributed by atoms with Gasteiger partial charge in [0.15, 0.2) is 0 Å². The molecule has 0 spiro atoms. The summed E-state index contributed by atoms with van der Waals surface area (Å²) in [5.74, 6) is 0. The number of unbranched alkanes of at least 4 members (excludes halogenated alkanes) is 10. The summed E-state index contributed by atoms with van der Waals surface area (Å²) in [5, 5.41) is 0. The average molecular weight is 511 g/mol. The lowest BCUT2D eigenvalue weighted by Crippen LogP contribution is -2.14. The van der Waals surface area contributed by atoms with Crippen LogP contribution in [0.4, 0.5) is 0 Å². The van der Waals surface area contributed by atoms with Crippen molar-refractivity contribution in [3.05, 3.63) is 70.8 Å². The Morgan fingerprint density at radius 3 is 1.23 bits per heavy atom. The molecule has 192 valence electrons. The molecule has 3 heteroatoms. The van der Waals surface area contributed by atoms with Gasteiger partial charge in [-0.1, -0.05) is 151 Å². The van der Waals surface area contributed by atoms with Gasteiger partial charge in [0.25, 0.3) is 0 Å². The topological polar surface area (TPSA) is 9.23 Å². The molecule has 1 nitrogen and oxygen atoms in total. The van der Waals surface area contributed by atoms with Crippen LogP contribution in [-0.2, 0) is 17.6 Å². The summed E-state index contributed by atoms with van der Waals surface area (Å²) in [6, 6.07) is 17.4. The fourth-order valence-electron chi connectivity index (χ4n) is 4.34. The minimum absolute atomic E-state index is 0.433. The lowest BCUT2D eigenvalue weighted by Gasteiger charge is -2.09. The molecule has 0 bridgehead atoms. The summed E-state index contributed by atoms with van der Waals surface area (Å²) in [4.78, 5) is 1.68. The summed E-state index contributed by atoms with van der Waals surface area (Å²) in [5.41, 5.74) is 4.96. The molecule has 2 aromatic rings. The molecule has 0 atom stereocenters. The van der Waals surface area contributed by atoms with Gasteiger partial charge in [0, 0.05) is 9.73 Å². The van der Waals surface area contributed by atoms with Gasteiger partial charge in [-0.15, -0.1) is 0 Å². The van der Waals surface area contributed by atoms with Crippen LogP contribution in [0.25, 0.3) is 0 Å². The molecule has 0 saturated heterocycles. The van der Waals surface area contributed by atoms with Gasteiger partial charge in [-0.3, -0.25) is 0 Å². The van der Waals surface area contributed by atoms with Crippen molar-refractivity contribution in [2.45, 2.75) is 104 Å². The molecule has 0 aromatic heterocycles. The molecule has 0 amide bonds. The van der Waals surface area contributed by atoms with Crippen LogP contribution < -0.4 is 0 Å². The van der Waals surface area contributed by atoms with Gasteiger partial charge in [-0.05, 0) is 47.9 Å². The van der Waals surface area contributed by atoms with Crippen molar-refractivity contribution >= 4 is 34.2 Å². The highest BCUT2D eigenvalue weighted by molar-refractivity contribution is 7.81. The van der Waals surface area contributed by atoms with E-state index >= 15 is 0 Å². The van der Waals surface area contributed by atoms with Gasteiger partial charge in [0.1, 0.15) is 0 Å². The standard InChI is InChI=1S/C32H46OS2/c1-3-5-7-9-11-13-15-27-17-21-29(22-18-27)31(34)25-33-26-32(35)30-23-19-28(20-24-30)16-14-12-10-8-6-4-2/h17-24H,3-16,25-26H2,1-2H3. The largest absolute Gasteiger partial charge is 0.370 e. The van der Waals surface area contributed by atoms with Crippen molar-refractivity contribution in [2.75, 3.05) is 13.2 Å². The third-order valence-corrected chi connectivity index (χ3v) is 7.36. The number of hydrogen-bond acceptors (Lipinski definition) is 3. The molecule has 35 heavy (non-hydrogen) atoms. The van der Waals surface area contributed by atoms with Gasteiger partial charge in [-0.2, -0.15) is 0 Å². The SMILES string of the molecule is CCCCCCCCc1ccc(C(=S)COCC(=S)c2ccc(CCCCCCCC)cc2)cc1. The molecule has 0 fully saturated rings. The van der Waals surface area contributed by atoms with E-state index < -0.39 is 0 Å². The zero-order valence-corrected chi connectivity index (χ0v) is 23.8. The average Bonchev–Trinajstić information content (AvgIpc) is 2.88. The number of thiocarbonyl (C=S) groups is 2. The van der Waals surface area contributed by atoms with Crippen LogP contribution >= 0.6 is 24.4 Å². The Labute approximate surface area is 226 Å². The predicted octanol–water partition coefficient (Wildman–Crippen LogP) is 9.65. The number of ether oxygens (including phenoxy) is 1. The van der Waals surface area contributed by atoms with Crippen molar-refractivity contribution in [1.29, 1.82) is 0 Å². The first kappa shape index (κ1) is 29.8. The number of rotatable bonds is 20. The van der Waals surface area contributed by atoms with Crippen LogP contribution in [0.15, 0.2) is 48.5 Å². The predicted molar refractivity (Wildman–Crippen MR) is 161 cm³/mol. The Kier molecular flexibility index (Phi) is 16.0. The van der Waals surface area contributed by atoms with E-state index in [4.69, 9.17) is 29.2 Å². The lowest BCUT2D eigenvalue weighted by atomic mass is 10.0. The second-order valence-electron chi connectivity index (χ2n) is 9.77. The van der Waals surface area contributed by atoms with Crippen LogP contribution in [0.5, 0.6) is 0 Å². The fraction of sp³-hybridized carbons (Fsp3) is 0.562. The van der Waals surface area contributed by atoms with Crippen molar-refractivity contribution in [3.8, 4) is 0 Å². The Bertz CT molecular complexity index is 767. The van der Waals surface area contributed by atoms with E-state index in [1.54, 1.807) is 0 Å². The van der Waals surface area contributed by atoms with E-state index in [0.717, 1.165) is 33.7 Å². The van der Waals surface area contributed by atoms with E-state index in [1.165, 1.54) is 88.2 Å². The molecule has 2 rings (SSSR count). The first-order valence-electron chi connectivity index (χ1n) is 14.0. The molecule has 0 radical (unpaired) electrons. The van der Waals surface area contributed by atoms with Gasteiger partial charge in [0.05, 0.1) is 13.2 Å². The minimum Gasteiger partial charge on any atom is -0.370 e. The quantitative estimate of drug-likeness (QED) is 0.0996. The molecular weight excluding hydrogens is 464 g/mol. The van der Waals surface area contributed by atoms with Crippen molar-refractivity contribution in [1.82, 2.24) is 0 Å².